The van der Waals surface area contributed by atoms with Gasteiger partial charge in [0.2, 0.25) is 0 Å². The Bertz CT molecular complexity index is 4410. The Hall–Kier alpha value is -5.65. The molecule has 1 saturated heterocycles. The monoisotopic (exact) mass is 1590 g/mol. The molecule has 12 N–H and O–H groups in total. The zero-order valence-electron chi connectivity index (χ0n) is 54.1. The maximum Gasteiger partial charge on any atom is 0.490 e. The van der Waals surface area contributed by atoms with Gasteiger partial charge in [0.05, 0.1) is 80.3 Å². The summed E-state index contributed by atoms with van der Waals surface area (Å²) in [6.45, 7) is 4.49. The van der Waals surface area contributed by atoms with Crippen molar-refractivity contribution in [2.24, 2.45) is 4.99 Å². The number of anilines is 2. The minimum Gasteiger partial charge on any atom is -0.478 e. The topological polar surface area (TPSA) is 546 Å². The summed E-state index contributed by atoms with van der Waals surface area (Å²) < 4.78 is 164. The number of unbranched alkanes of at least 4 members (excludes halogenated alkanes) is 1. The molecule has 2 aliphatic heterocycles. The number of ketones is 1. The zero-order chi connectivity index (χ0) is 74.7. The van der Waals surface area contributed by atoms with Gasteiger partial charge in [-0.05, 0) is 98.9 Å². The van der Waals surface area contributed by atoms with Crippen LogP contribution >= 0.6 is 45.1 Å². The predicted octanol–water partition coefficient (Wildman–Crippen LogP) is 5.73. The van der Waals surface area contributed by atoms with Crippen molar-refractivity contribution in [2.75, 3.05) is 96.0 Å². The second-order valence-corrected chi connectivity index (χ2v) is 35.2. The van der Waals surface area contributed by atoms with E-state index in [9.17, 15) is 78.5 Å². The number of hydrogen-bond acceptors (Lipinski definition) is 30. The maximum absolute atomic E-state index is 13.6. The van der Waals surface area contributed by atoms with Crippen molar-refractivity contribution >= 4 is 132 Å². The third kappa shape index (κ3) is 26.5. The molecule has 0 bridgehead atoms. The Kier molecular flexibility index (Phi) is 31.6. The van der Waals surface area contributed by atoms with Crippen LogP contribution in [0.2, 0.25) is 0 Å². The van der Waals surface area contributed by atoms with Gasteiger partial charge in [0.25, 0.3) is 20.2 Å². The number of amides is 1. The van der Waals surface area contributed by atoms with E-state index >= 15 is 0 Å². The third-order valence-corrected chi connectivity index (χ3v) is 23.3. The van der Waals surface area contributed by atoms with E-state index in [0.717, 1.165) is 16.7 Å². The highest BCUT2D eigenvalue weighted by molar-refractivity contribution is 8.77. The number of nitrogens with one attached hydrogen (secondary N) is 1. The number of Topliss-reactive ketones (excluding diaryl/α,β-unsaturated/α-hetero) is 1. The van der Waals surface area contributed by atoms with E-state index in [1.807, 2.05) is 13.8 Å². The molecule has 1 aromatic heterocycles. The molecule has 6 atom stereocenters. The third-order valence-electron chi connectivity index (χ3n) is 13.9. The van der Waals surface area contributed by atoms with E-state index in [2.05, 4.69) is 35.8 Å². The van der Waals surface area contributed by atoms with Crippen molar-refractivity contribution in [3.8, 4) is 34.3 Å². The quantitative estimate of drug-likeness (QED) is 0.00214. The average Bonchev–Trinajstić information content (AvgIpc) is 1.02. The summed E-state index contributed by atoms with van der Waals surface area (Å²) in [4.78, 5) is 107. The van der Waals surface area contributed by atoms with Gasteiger partial charge in [-0.1, -0.05) is 48.9 Å². The van der Waals surface area contributed by atoms with Crippen LogP contribution in [0.3, 0.4) is 0 Å². The van der Waals surface area contributed by atoms with Crippen LogP contribution in [-0.2, 0) is 106 Å². The number of carboxylic acid groups (broad SMARTS) is 1. The first kappa shape index (κ1) is 84.3. The first-order valence-electron chi connectivity index (χ1n) is 29.7. The van der Waals surface area contributed by atoms with E-state index in [-0.39, 0.29) is 133 Å². The summed E-state index contributed by atoms with van der Waals surface area (Å²) in [6, 6.07) is 8.52. The number of carbonyl (C=O) groups is 4. The first-order valence-corrected chi connectivity index (χ1v) is 42.2. The molecule has 2 aromatic carbocycles. The molecule has 0 saturated carbocycles. The van der Waals surface area contributed by atoms with Gasteiger partial charge < -0.3 is 79.0 Å². The van der Waals surface area contributed by atoms with Crippen LogP contribution in [0.25, 0.3) is 33.4 Å². The molecule has 3 heterocycles. The smallest absolute Gasteiger partial charge is 0.478 e. The minimum absolute atomic E-state index is 0.0133. The molecule has 3 aliphatic rings. The molecule has 6 rings (SSSR count). The number of fused-ring (bicyclic) bond motifs is 2. The predicted molar refractivity (Wildman–Crippen MR) is 368 cm³/mol. The lowest BCUT2D eigenvalue weighted by Gasteiger charge is -2.22. The van der Waals surface area contributed by atoms with Gasteiger partial charge in [-0.25, -0.2) is 28.1 Å². The highest BCUT2D eigenvalue weighted by Crippen LogP contribution is 2.66. The van der Waals surface area contributed by atoms with E-state index in [4.69, 9.17) is 74.5 Å². The van der Waals surface area contributed by atoms with E-state index in [1.54, 1.807) is 17.0 Å². The van der Waals surface area contributed by atoms with Crippen LogP contribution in [0.15, 0.2) is 72.7 Å². The number of esters is 1. The summed E-state index contributed by atoms with van der Waals surface area (Å²) in [5.74, 6) is 2.58. The number of carboxylic acids is 1. The summed E-state index contributed by atoms with van der Waals surface area (Å²) in [5, 5.41) is 12.5. The highest BCUT2D eigenvalue weighted by Gasteiger charge is 2.44. The Balaban J connectivity index is 0.817. The molecule has 36 nitrogen and oxygen atoms in total. The normalized spacial score (nSPS) is 16.9. The van der Waals surface area contributed by atoms with Gasteiger partial charge in [0.15, 0.2) is 26.9 Å². The van der Waals surface area contributed by atoms with E-state index < -0.39 is 140 Å². The molecule has 0 radical (unpaired) electrons. The molecule has 0 spiro atoms. The van der Waals surface area contributed by atoms with Gasteiger partial charge in [-0.15, -0.1) is 0 Å². The molecule has 1 aliphatic carbocycles. The summed E-state index contributed by atoms with van der Waals surface area (Å²) >= 11 is 5.17. The lowest BCUT2D eigenvalue weighted by Crippen LogP contribution is -2.30. The molecule has 1 amide bonds. The minimum atomic E-state index is -5.80. The van der Waals surface area contributed by atoms with Crippen molar-refractivity contribution in [1.82, 2.24) is 14.9 Å². The fourth-order valence-electron chi connectivity index (χ4n) is 9.37. The summed E-state index contributed by atoms with van der Waals surface area (Å²) in [6.07, 6.45) is 0.648. The Morgan fingerprint density at radius 1 is 0.871 bits per heavy atom. The van der Waals surface area contributed by atoms with Crippen molar-refractivity contribution < 1.29 is 134 Å². The van der Waals surface area contributed by atoms with Gasteiger partial charge in [-0.2, -0.15) is 30.4 Å². The second kappa shape index (κ2) is 37.9. The number of alkyl carbamates (subject to hydrolysis) is 1. The van der Waals surface area contributed by atoms with Gasteiger partial charge in [0.1, 0.15) is 24.1 Å². The van der Waals surface area contributed by atoms with Gasteiger partial charge in [0, 0.05) is 79.1 Å². The fourth-order valence-corrected chi connectivity index (χ4v) is 16.8. The number of rotatable bonds is 40. The van der Waals surface area contributed by atoms with Crippen molar-refractivity contribution in [2.45, 2.75) is 98.2 Å². The number of aromatic carboxylic acids is 1. The molecular weight excluding hydrogens is 1520 g/mol. The summed E-state index contributed by atoms with van der Waals surface area (Å²) in [5.41, 5.74) is 9.09. The maximum atomic E-state index is 13.6. The molecule has 101 heavy (non-hydrogen) atoms. The molecule has 3 unspecified atom stereocenters. The highest BCUT2D eigenvalue weighted by atomic mass is 33.1. The van der Waals surface area contributed by atoms with Crippen molar-refractivity contribution in [3.05, 3.63) is 81.2 Å². The van der Waals surface area contributed by atoms with E-state index in [1.165, 1.54) is 54.4 Å². The molecule has 45 heteroatoms. The van der Waals surface area contributed by atoms with E-state index in [0.29, 0.717) is 31.8 Å². The number of nitrogens with two attached hydrogens (primary N) is 2. The molecule has 3 aromatic rings. The average molecular weight is 1600 g/mol. The van der Waals surface area contributed by atoms with Crippen LogP contribution in [0, 0.1) is 11.8 Å². The fraction of sp³-hybridized carbons (Fsp3) is 0.482. The number of ether oxygens (including phenoxy) is 7. The lowest BCUT2D eigenvalue weighted by molar-refractivity contribution is -0.143. The molecular formula is C56H73N6O30P3S6. The number of nitrogens with zero attached hydrogens (tertiary/aromatic N) is 3. The van der Waals surface area contributed by atoms with Crippen LogP contribution in [-0.4, -0.2) is 186 Å². The van der Waals surface area contributed by atoms with Crippen molar-refractivity contribution in [3.63, 3.8) is 0 Å². The number of phosphoric acid groups is 3. The van der Waals surface area contributed by atoms with Crippen LogP contribution in [0.5, 0.6) is 0 Å². The number of nitrogen functional groups attached to an aromatic ring is 2. The van der Waals surface area contributed by atoms with Gasteiger partial charge in [-0.3, -0.25) is 32.8 Å². The van der Waals surface area contributed by atoms with Crippen LogP contribution in [0.1, 0.15) is 97.7 Å². The van der Waals surface area contributed by atoms with Crippen LogP contribution < -0.4 is 27.8 Å². The summed E-state index contributed by atoms with van der Waals surface area (Å²) in [7, 11) is -23.8. The Morgan fingerprint density at radius 2 is 1.56 bits per heavy atom. The Morgan fingerprint density at radius 3 is 2.24 bits per heavy atom. The van der Waals surface area contributed by atoms with Crippen molar-refractivity contribution in [1.29, 1.82) is 0 Å². The largest absolute Gasteiger partial charge is 0.490 e. The second-order valence-electron chi connectivity index (χ2n) is 22.0. The zero-order valence-corrected chi connectivity index (χ0v) is 61.7. The van der Waals surface area contributed by atoms with Crippen LogP contribution in [0.4, 0.5) is 16.3 Å². The molecule has 558 valence electrons. The Labute approximate surface area is 592 Å². The molecule has 1 fully saturated rings. The number of aromatic nitrogens is 2. The standard InChI is InChI=1S/C56H73N6O30P3S6/c1-56(2,98-97-32-84-21-7-8-23-85-46(64)12-6-5-10-35-30-62(54(67)61-52(35)58)45-29-43(87-33-99(4)96)44(89-45)31-88-94(72,73)92-95(74,75)91-93(69,70)71)19-24-86-55(68)60-20-25-83-27-26-82-22-9-11-42(63)34-13-14-36(53(65)66)39(28-34)47-37-15-17-40(57)50(100(76,77)78)48(37)90-49-38(47)16-18-41(59-3)51(49)101(79,80)81/h13-18,28,30,43-45H,6-9,11-12,19-27,29,31-33,57H2,1-4H3,(H,60,68)(H,65,66)(H,72,73)(H,74,75)(H2,58,61,67)(H2,69,70,71)(H,76,77,78)(H,79,80,81)/t43-,44+,45+,99?/m0/s1. The first-order chi connectivity index (χ1) is 47.3. The van der Waals surface area contributed by atoms with Gasteiger partial charge >= 0.3 is 47.2 Å². The SMILES string of the molecule is CN=c1ccc2c(-c3cc(C(=O)CCCOCCOCCNC(=O)OCCC(C)(C)SSCOCCCCOC(=O)CCC#Cc4cn([C@H]5C[C@H](OCS(C)=S)[C@@H](COP(=O)(O)OP(=O)(O)OP(=O)(O)O)O5)c(=O)nc4N)ccc3C(=O)O)c3ccc(N)c(S(=O)(=O)O)c3oc-2c1S(=O)(=O)O. The lowest BCUT2D eigenvalue weighted by atomic mass is 9.88. The number of hydrogen-bond donors (Lipinski definition) is 10. The number of carbonyl (C=O) groups excluding carboxylic acids is 3. The number of benzene rings is 3. The number of phosphoric ester groups is 1.